The summed E-state index contributed by atoms with van der Waals surface area (Å²) >= 11 is 0. The molecule has 2 nitrogen and oxygen atoms in total. The summed E-state index contributed by atoms with van der Waals surface area (Å²) in [5.41, 5.74) is 9.97. The van der Waals surface area contributed by atoms with Crippen LogP contribution in [-0.4, -0.2) is 0 Å². The lowest BCUT2D eigenvalue weighted by atomic mass is 9.99. The van der Waals surface area contributed by atoms with Gasteiger partial charge in [0.25, 0.3) is 0 Å². The van der Waals surface area contributed by atoms with Crippen molar-refractivity contribution in [2.45, 2.75) is 0 Å². The molecule has 0 aliphatic carbocycles. The number of nitrogens with zero attached hydrogens (tertiary/aromatic N) is 1. The first kappa shape index (κ1) is 27.9. The maximum atomic E-state index is 6.18. The predicted octanol–water partition coefficient (Wildman–Crippen LogP) is 13.2. The average molecular weight is 614 g/mol. The zero-order valence-electron chi connectivity index (χ0n) is 26.3. The van der Waals surface area contributed by atoms with E-state index in [1.807, 2.05) is 18.2 Å². The summed E-state index contributed by atoms with van der Waals surface area (Å²) in [6, 6.07) is 67.1. The topological polar surface area (TPSA) is 16.4 Å². The van der Waals surface area contributed by atoms with Crippen molar-refractivity contribution in [2.75, 3.05) is 4.90 Å². The van der Waals surface area contributed by atoms with E-state index in [9.17, 15) is 0 Å². The molecular weight excluding hydrogens is 583 g/mol. The average Bonchev–Trinajstić information content (AvgIpc) is 3.60. The van der Waals surface area contributed by atoms with Crippen LogP contribution in [-0.2, 0) is 0 Å². The Labute approximate surface area is 279 Å². The number of hydrogen-bond acceptors (Lipinski definition) is 2. The van der Waals surface area contributed by atoms with Crippen molar-refractivity contribution in [3.05, 3.63) is 188 Å². The smallest absolute Gasteiger partial charge is 0.135 e. The molecule has 48 heavy (non-hydrogen) atoms. The second-order valence-corrected chi connectivity index (χ2v) is 12.3. The van der Waals surface area contributed by atoms with Gasteiger partial charge in [-0.25, -0.2) is 0 Å². The van der Waals surface area contributed by atoms with E-state index in [1.165, 1.54) is 32.7 Å². The van der Waals surface area contributed by atoms with Crippen molar-refractivity contribution >= 4 is 49.6 Å². The third-order valence-corrected chi connectivity index (χ3v) is 9.21. The molecule has 1 aromatic heterocycles. The van der Waals surface area contributed by atoms with Crippen molar-refractivity contribution < 1.29 is 4.42 Å². The summed E-state index contributed by atoms with van der Waals surface area (Å²) < 4.78 is 6.18. The third kappa shape index (κ3) is 5.20. The first-order valence-electron chi connectivity index (χ1n) is 16.3. The Hall–Kier alpha value is -6.38. The van der Waals surface area contributed by atoms with Gasteiger partial charge in [0.15, 0.2) is 0 Å². The maximum absolute atomic E-state index is 6.18. The number of fused-ring (bicyclic) bond motifs is 3. The zero-order valence-corrected chi connectivity index (χ0v) is 26.3. The molecule has 0 saturated carbocycles. The van der Waals surface area contributed by atoms with Gasteiger partial charge in [-0.15, -0.1) is 0 Å². The van der Waals surface area contributed by atoms with E-state index in [0.717, 1.165) is 50.5 Å². The van der Waals surface area contributed by atoms with Gasteiger partial charge in [-0.1, -0.05) is 127 Å². The SMILES string of the molecule is c1cc(-c2ccc(N(c3cccc(-c4ccc5ccccc5c4)c3)c3ccc4ccccc4c3)cc2)cc(-c2cc3ccccc3o2)c1. The van der Waals surface area contributed by atoms with Gasteiger partial charge in [-0.05, 0) is 104 Å². The zero-order chi connectivity index (χ0) is 31.9. The fraction of sp³-hybridized carbons (Fsp3) is 0. The van der Waals surface area contributed by atoms with Crippen molar-refractivity contribution in [3.63, 3.8) is 0 Å². The van der Waals surface area contributed by atoms with Gasteiger partial charge in [0.1, 0.15) is 11.3 Å². The van der Waals surface area contributed by atoms with Gasteiger partial charge in [0, 0.05) is 28.0 Å². The fourth-order valence-electron chi connectivity index (χ4n) is 6.74. The number of hydrogen-bond donors (Lipinski definition) is 0. The summed E-state index contributed by atoms with van der Waals surface area (Å²) in [5.74, 6) is 0.878. The first-order valence-corrected chi connectivity index (χ1v) is 16.3. The third-order valence-electron chi connectivity index (χ3n) is 9.21. The monoisotopic (exact) mass is 613 g/mol. The normalized spacial score (nSPS) is 11.3. The second-order valence-electron chi connectivity index (χ2n) is 12.3. The quantitative estimate of drug-likeness (QED) is 0.185. The van der Waals surface area contributed by atoms with E-state index in [-0.39, 0.29) is 0 Å². The van der Waals surface area contributed by atoms with Gasteiger partial charge >= 0.3 is 0 Å². The number of furan rings is 1. The number of para-hydroxylation sites is 1. The Bertz CT molecular complexity index is 2540. The molecule has 0 spiro atoms. The van der Waals surface area contributed by atoms with Gasteiger partial charge in [-0.3, -0.25) is 0 Å². The van der Waals surface area contributed by atoms with Crippen molar-refractivity contribution in [1.29, 1.82) is 0 Å². The largest absolute Gasteiger partial charge is 0.456 e. The van der Waals surface area contributed by atoms with Crippen LogP contribution in [0.3, 0.4) is 0 Å². The first-order chi connectivity index (χ1) is 23.7. The highest BCUT2D eigenvalue weighted by molar-refractivity contribution is 5.91. The molecule has 0 saturated heterocycles. The predicted molar refractivity (Wildman–Crippen MR) is 202 cm³/mol. The minimum absolute atomic E-state index is 0.878. The molecule has 0 aliphatic heterocycles. The fourth-order valence-corrected chi connectivity index (χ4v) is 6.74. The van der Waals surface area contributed by atoms with Crippen LogP contribution < -0.4 is 4.90 Å². The second kappa shape index (κ2) is 11.8. The number of anilines is 3. The summed E-state index contributed by atoms with van der Waals surface area (Å²) in [6.45, 7) is 0. The lowest BCUT2D eigenvalue weighted by Gasteiger charge is -2.26. The van der Waals surface area contributed by atoms with Crippen molar-refractivity contribution in [3.8, 4) is 33.6 Å². The van der Waals surface area contributed by atoms with Crippen LogP contribution in [0, 0.1) is 0 Å². The van der Waals surface area contributed by atoms with Crippen LogP contribution in [0.4, 0.5) is 17.1 Å². The maximum Gasteiger partial charge on any atom is 0.135 e. The number of benzene rings is 8. The highest BCUT2D eigenvalue weighted by Gasteiger charge is 2.15. The molecule has 0 amide bonds. The Morgan fingerprint density at radius 2 is 0.833 bits per heavy atom. The molecule has 0 radical (unpaired) electrons. The molecule has 0 bridgehead atoms. The van der Waals surface area contributed by atoms with Crippen molar-refractivity contribution in [1.82, 2.24) is 0 Å². The van der Waals surface area contributed by atoms with E-state index in [0.29, 0.717) is 0 Å². The molecule has 226 valence electrons. The number of rotatable bonds is 6. The summed E-state index contributed by atoms with van der Waals surface area (Å²) in [7, 11) is 0. The van der Waals surface area contributed by atoms with Gasteiger partial charge in [0.05, 0.1) is 0 Å². The highest BCUT2D eigenvalue weighted by Crippen LogP contribution is 2.39. The molecule has 0 unspecified atom stereocenters. The summed E-state index contributed by atoms with van der Waals surface area (Å²) in [5, 5.41) is 6.04. The van der Waals surface area contributed by atoms with E-state index < -0.39 is 0 Å². The van der Waals surface area contributed by atoms with Gasteiger partial charge < -0.3 is 9.32 Å². The molecular formula is C46H31NO. The Morgan fingerprint density at radius 1 is 0.292 bits per heavy atom. The van der Waals surface area contributed by atoms with Crippen LogP contribution in [0.2, 0.25) is 0 Å². The lowest BCUT2D eigenvalue weighted by Crippen LogP contribution is -2.10. The molecule has 0 fully saturated rings. The van der Waals surface area contributed by atoms with Crippen molar-refractivity contribution in [2.24, 2.45) is 0 Å². The van der Waals surface area contributed by atoms with E-state index in [1.54, 1.807) is 0 Å². The van der Waals surface area contributed by atoms with Crippen LogP contribution in [0.25, 0.3) is 66.1 Å². The Morgan fingerprint density at radius 3 is 1.60 bits per heavy atom. The van der Waals surface area contributed by atoms with Gasteiger partial charge in [-0.2, -0.15) is 0 Å². The van der Waals surface area contributed by atoms with Crippen LogP contribution in [0.15, 0.2) is 192 Å². The Balaban J connectivity index is 1.11. The van der Waals surface area contributed by atoms with Crippen LogP contribution >= 0.6 is 0 Å². The van der Waals surface area contributed by atoms with Crippen LogP contribution in [0.5, 0.6) is 0 Å². The molecule has 0 aliphatic rings. The standard InChI is InChI=1S/C46H31NO/c1-3-11-35-27-39(20-19-32(35)9-1)38-15-8-17-43(30-38)47(44-26-23-33-10-2-4-12-37(33)29-44)42-24-21-34(22-25-42)36-14-7-16-40(28-36)46-31-41-13-5-6-18-45(41)48-46/h1-31H. The molecule has 0 atom stereocenters. The molecule has 2 heteroatoms. The summed E-state index contributed by atoms with van der Waals surface area (Å²) in [6.07, 6.45) is 0. The molecule has 1 heterocycles. The van der Waals surface area contributed by atoms with E-state index >= 15 is 0 Å². The summed E-state index contributed by atoms with van der Waals surface area (Å²) in [4.78, 5) is 2.35. The highest BCUT2D eigenvalue weighted by atomic mass is 16.3. The lowest BCUT2D eigenvalue weighted by molar-refractivity contribution is 0.631. The Kier molecular flexibility index (Phi) is 6.84. The minimum atomic E-state index is 0.878. The minimum Gasteiger partial charge on any atom is -0.456 e. The van der Waals surface area contributed by atoms with E-state index in [4.69, 9.17) is 4.42 Å². The molecule has 9 rings (SSSR count). The van der Waals surface area contributed by atoms with Gasteiger partial charge in [0.2, 0.25) is 0 Å². The molecule has 0 N–H and O–H groups in total. The molecule has 9 aromatic rings. The van der Waals surface area contributed by atoms with E-state index in [2.05, 4.69) is 175 Å². The van der Waals surface area contributed by atoms with Crippen LogP contribution in [0.1, 0.15) is 0 Å². The molecule has 8 aromatic carbocycles.